The van der Waals surface area contributed by atoms with Gasteiger partial charge in [-0.2, -0.15) is 0 Å². The molecule has 2 amide bonds. The van der Waals surface area contributed by atoms with Gasteiger partial charge >= 0.3 is 6.03 Å². The number of rotatable bonds is 4. The Balaban J connectivity index is 1.52. The number of likely N-dealkylation sites (tertiary alicyclic amines) is 1. The first kappa shape index (κ1) is 15.1. The molecule has 0 aromatic carbocycles. The largest absolute Gasteiger partial charge is 0.361 e. The van der Waals surface area contributed by atoms with Crippen molar-refractivity contribution in [3.63, 3.8) is 0 Å². The van der Waals surface area contributed by atoms with E-state index in [0.717, 1.165) is 30.8 Å². The summed E-state index contributed by atoms with van der Waals surface area (Å²) >= 11 is 0. The fourth-order valence-electron chi connectivity index (χ4n) is 4.03. The van der Waals surface area contributed by atoms with E-state index < -0.39 is 0 Å². The van der Waals surface area contributed by atoms with Crippen molar-refractivity contribution in [2.24, 2.45) is 11.3 Å². The van der Waals surface area contributed by atoms with Crippen molar-refractivity contribution >= 4 is 6.03 Å². The lowest BCUT2D eigenvalue weighted by Gasteiger charge is -2.58. The second-order valence-electron chi connectivity index (χ2n) is 6.98. The zero-order chi connectivity index (χ0) is 15.7. The number of carbonyl (C=O) groups is 1. The second-order valence-corrected chi connectivity index (χ2v) is 6.98. The first-order valence-corrected chi connectivity index (χ1v) is 8.13. The summed E-state index contributed by atoms with van der Waals surface area (Å²) in [5.41, 5.74) is 1.17. The maximum absolute atomic E-state index is 12.4. The van der Waals surface area contributed by atoms with Gasteiger partial charge in [0.1, 0.15) is 5.76 Å². The number of urea groups is 1. The minimum absolute atomic E-state index is 0.0486. The van der Waals surface area contributed by atoms with Gasteiger partial charge in [0.05, 0.1) is 5.69 Å². The molecule has 1 N–H and O–H groups in total. The van der Waals surface area contributed by atoms with Gasteiger partial charge in [-0.15, -0.1) is 0 Å². The van der Waals surface area contributed by atoms with Crippen LogP contribution in [0.1, 0.15) is 38.1 Å². The standard InChI is InChI=1S/C17H25N3O2/c1-12(2)15-17(7-4-5-8-17)11-20(15)16(21)18-9-6-14-10-13(3)19-22-14/h4-5,10,12,15H,6-9,11H2,1-3H3,(H,18,21). The van der Waals surface area contributed by atoms with Crippen LogP contribution in [-0.4, -0.2) is 35.2 Å². The van der Waals surface area contributed by atoms with Gasteiger partial charge in [0, 0.05) is 37.0 Å². The van der Waals surface area contributed by atoms with Crippen LogP contribution in [0.25, 0.3) is 0 Å². The summed E-state index contributed by atoms with van der Waals surface area (Å²) in [5.74, 6) is 1.30. The van der Waals surface area contributed by atoms with Gasteiger partial charge in [0.2, 0.25) is 0 Å². The van der Waals surface area contributed by atoms with Crippen LogP contribution >= 0.6 is 0 Å². The third kappa shape index (κ3) is 2.64. The molecule has 120 valence electrons. The Morgan fingerprint density at radius 1 is 1.50 bits per heavy atom. The van der Waals surface area contributed by atoms with Crippen molar-refractivity contribution in [3.05, 3.63) is 29.7 Å². The number of hydrogen-bond donors (Lipinski definition) is 1. The molecule has 1 spiro atoms. The van der Waals surface area contributed by atoms with Crippen molar-refractivity contribution in [1.29, 1.82) is 0 Å². The number of allylic oxidation sites excluding steroid dienone is 2. The minimum atomic E-state index is 0.0486. The van der Waals surface area contributed by atoms with Gasteiger partial charge in [0.15, 0.2) is 0 Å². The Morgan fingerprint density at radius 3 is 2.82 bits per heavy atom. The predicted molar refractivity (Wildman–Crippen MR) is 84.5 cm³/mol. The third-order valence-corrected chi connectivity index (χ3v) is 4.88. The van der Waals surface area contributed by atoms with Gasteiger partial charge in [-0.05, 0) is 25.7 Å². The van der Waals surface area contributed by atoms with Gasteiger partial charge in [-0.25, -0.2) is 4.79 Å². The van der Waals surface area contributed by atoms with E-state index in [1.54, 1.807) is 0 Å². The van der Waals surface area contributed by atoms with Crippen LogP contribution in [0.3, 0.4) is 0 Å². The lowest BCUT2D eigenvalue weighted by atomic mass is 9.65. The Kier molecular flexibility index (Phi) is 3.98. The van der Waals surface area contributed by atoms with E-state index in [4.69, 9.17) is 4.52 Å². The monoisotopic (exact) mass is 303 g/mol. The molecule has 0 radical (unpaired) electrons. The molecule has 1 aliphatic heterocycles. The van der Waals surface area contributed by atoms with E-state index in [0.29, 0.717) is 30.3 Å². The lowest BCUT2D eigenvalue weighted by molar-refractivity contribution is -0.0575. The van der Waals surface area contributed by atoms with E-state index in [9.17, 15) is 4.79 Å². The average molecular weight is 303 g/mol. The molecule has 1 saturated heterocycles. The highest BCUT2D eigenvalue weighted by Crippen LogP contribution is 2.50. The Morgan fingerprint density at radius 2 is 2.23 bits per heavy atom. The molecule has 5 nitrogen and oxygen atoms in total. The zero-order valence-corrected chi connectivity index (χ0v) is 13.6. The van der Waals surface area contributed by atoms with Crippen molar-refractivity contribution in [1.82, 2.24) is 15.4 Å². The maximum atomic E-state index is 12.4. The summed E-state index contributed by atoms with van der Waals surface area (Å²) in [4.78, 5) is 14.4. The quantitative estimate of drug-likeness (QED) is 0.870. The normalized spacial score (nSPS) is 22.4. The third-order valence-electron chi connectivity index (χ3n) is 4.88. The molecule has 1 aromatic rings. The number of carbonyl (C=O) groups excluding carboxylic acids is 1. The van der Waals surface area contributed by atoms with Crippen LogP contribution in [0.15, 0.2) is 22.7 Å². The molecule has 1 aromatic heterocycles. The first-order chi connectivity index (χ1) is 10.5. The van der Waals surface area contributed by atoms with Crippen molar-refractivity contribution < 1.29 is 9.32 Å². The highest BCUT2D eigenvalue weighted by molar-refractivity contribution is 5.76. The van der Waals surface area contributed by atoms with Crippen LogP contribution in [0.4, 0.5) is 4.79 Å². The van der Waals surface area contributed by atoms with E-state index in [1.165, 1.54) is 0 Å². The van der Waals surface area contributed by atoms with Crippen molar-refractivity contribution in [2.75, 3.05) is 13.1 Å². The summed E-state index contributed by atoms with van der Waals surface area (Å²) in [5, 5.41) is 6.87. The van der Waals surface area contributed by atoms with Crippen LogP contribution in [0, 0.1) is 18.3 Å². The first-order valence-electron chi connectivity index (χ1n) is 8.13. The van der Waals surface area contributed by atoms with Crippen LogP contribution in [0.5, 0.6) is 0 Å². The molecule has 22 heavy (non-hydrogen) atoms. The molecule has 0 saturated carbocycles. The van der Waals surface area contributed by atoms with E-state index >= 15 is 0 Å². The Labute approximate surface area is 131 Å². The molecule has 3 rings (SSSR count). The van der Waals surface area contributed by atoms with Gasteiger partial charge in [-0.1, -0.05) is 31.2 Å². The summed E-state index contributed by atoms with van der Waals surface area (Å²) < 4.78 is 5.16. The SMILES string of the molecule is Cc1cc(CCNC(=O)N2CC3(CC=CC3)C2C(C)C)on1. The van der Waals surface area contributed by atoms with Crippen LogP contribution < -0.4 is 5.32 Å². The van der Waals surface area contributed by atoms with Gasteiger partial charge in [-0.3, -0.25) is 0 Å². The van der Waals surface area contributed by atoms with Crippen LogP contribution in [0.2, 0.25) is 0 Å². The topological polar surface area (TPSA) is 58.4 Å². The molecule has 2 heterocycles. The van der Waals surface area contributed by atoms with Crippen LogP contribution in [-0.2, 0) is 6.42 Å². The molecule has 0 bridgehead atoms. The van der Waals surface area contributed by atoms with E-state index in [2.05, 4.69) is 36.5 Å². The Hall–Kier alpha value is -1.78. The summed E-state index contributed by atoms with van der Waals surface area (Å²) in [6.45, 7) is 7.77. The van der Waals surface area contributed by atoms with Gasteiger partial charge < -0.3 is 14.7 Å². The molecular weight excluding hydrogens is 278 g/mol. The lowest BCUT2D eigenvalue weighted by Crippen LogP contribution is -2.69. The predicted octanol–water partition coefficient (Wildman–Crippen LogP) is 2.91. The summed E-state index contributed by atoms with van der Waals surface area (Å²) in [6, 6.07) is 2.30. The molecule has 1 aliphatic carbocycles. The number of nitrogens with one attached hydrogen (secondary N) is 1. The number of hydrogen-bond acceptors (Lipinski definition) is 3. The number of aryl methyl sites for hydroxylation is 1. The molecule has 1 unspecified atom stereocenters. The van der Waals surface area contributed by atoms with E-state index in [-0.39, 0.29) is 6.03 Å². The molecule has 1 atom stereocenters. The minimum Gasteiger partial charge on any atom is -0.361 e. The summed E-state index contributed by atoms with van der Waals surface area (Å²) in [6.07, 6.45) is 7.42. The Bertz CT molecular complexity index is 568. The fraction of sp³-hybridized carbons (Fsp3) is 0.647. The van der Waals surface area contributed by atoms with E-state index in [1.807, 2.05) is 17.9 Å². The number of aromatic nitrogens is 1. The van der Waals surface area contributed by atoms with Crippen molar-refractivity contribution in [3.8, 4) is 0 Å². The number of nitrogens with zero attached hydrogens (tertiary/aromatic N) is 2. The highest BCUT2D eigenvalue weighted by atomic mass is 16.5. The van der Waals surface area contributed by atoms with Crippen molar-refractivity contribution in [2.45, 2.75) is 46.1 Å². The zero-order valence-electron chi connectivity index (χ0n) is 13.6. The number of amides is 2. The smallest absolute Gasteiger partial charge is 0.317 e. The molecule has 1 fully saturated rings. The molecule has 2 aliphatic rings. The highest BCUT2D eigenvalue weighted by Gasteiger charge is 2.55. The fourth-order valence-corrected chi connectivity index (χ4v) is 4.03. The van der Waals surface area contributed by atoms with Gasteiger partial charge in [0.25, 0.3) is 0 Å². The molecular formula is C17H25N3O2. The summed E-state index contributed by atoms with van der Waals surface area (Å²) in [7, 11) is 0. The molecule has 5 heteroatoms. The average Bonchev–Trinajstić information content (AvgIpc) is 3.05. The second kappa shape index (κ2) is 5.78. The maximum Gasteiger partial charge on any atom is 0.317 e.